The quantitative estimate of drug-likeness (QED) is 0.685. The van der Waals surface area contributed by atoms with E-state index in [0.717, 1.165) is 29.5 Å². The van der Waals surface area contributed by atoms with Crippen molar-refractivity contribution in [2.45, 2.75) is 50.8 Å². The summed E-state index contributed by atoms with van der Waals surface area (Å²) in [6.45, 7) is 1.65. The van der Waals surface area contributed by atoms with Crippen LogP contribution in [-0.4, -0.2) is 35.7 Å². The van der Waals surface area contributed by atoms with Gasteiger partial charge in [0.2, 0.25) is 0 Å². The van der Waals surface area contributed by atoms with Crippen LogP contribution in [0.4, 0.5) is 0 Å². The molecule has 0 aliphatic heterocycles. The van der Waals surface area contributed by atoms with Crippen LogP contribution in [0.3, 0.4) is 0 Å². The molecule has 0 aromatic heterocycles. The molecule has 6 rings (SSSR count). The van der Waals surface area contributed by atoms with Gasteiger partial charge in [-0.1, -0.05) is 0 Å². The van der Waals surface area contributed by atoms with Crippen LogP contribution in [0.15, 0.2) is 60.7 Å². The molecule has 0 heterocycles. The van der Waals surface area contributed by atoms with E-state index in [4.69, 9.17) is 0 Å². The van der Waals surface area contributed by atoms with Gasteiger partial charge < -0.3 is 0 Å². The summed E-state index contributed by atoms with van der Waals surface area (Å²) in [6, 6.07) is 21.3. The fraction of sp³-hybridized carbons (Fsp3) is 0.480. The fourth-order valence-electron chi connectivity index (χ4n) is 6.31. The molecule has 4 bridgehead atoms. The average Bonchev–Trinajstić information content (AvgIpc) is 2.72. The number of aliphatic hydroxyl groups is 1. The van der Waals surface area contributed by atoms with E-state index in [0.29, 0.717) is 11.8 Å². The molecule has 0 radical (unpaired) electrons. The second-order valence-electron chi connectivity index (χ2n) is 9.26. The van der Waals surface area contributed by atoms with Crippen LogP contribution in [0.5, 0.6) is 0 Å². The van der Waals surface area contributed by atoms with Gasteiger partial charge >= 0.3 is 176 Å². The molecule has 0 unspecified atom stereocenters. The van der Waals surface area contributed by atoms with Crippen molar-refractivity contribution in [1.82, 2.24) is 4.90 Å². The third-order valence-corrected chi connectivity index (χ3v) is 8.67. The first-order chi connectivity index (χ1) is 13.6. The summed E-state index contributed by atoms with van der Waals surface area (Å²) in [4.78, 5) is 2.40. The van der Waals surface area contributed by atoms with Crippen molar-refractivity contribution >= 4 is 20.1 Å². The van der Waals surface area contributed by atoms with Crippen LogP contribution in [0.1, 0.15) is 43.2 Å². The number of hydrogen-bond donors (Lipinski definition) is 1. The van der Waals surface area contributed by atoms with E-state index in [1.807, 2.05) is 0 Å². The van der Waals surface area contributed by atoms with E-state index in [-0.39, 0.29) is 0 Å². The zero-order valence-corrected chi connectivity index (χ0v) is 18.0. The first-order valence-electron chi connectivity index (χ1n) is 10.7. The molecule has 0 spiro atoms. The van der Waals surface area contributed by atoms with Crippen molar-refractivity contribution in [3.05, 3.63) is 71.8 Å². The summed E-state index contributed by atoms with van der Waals surface area (Å²) in [6.07, 6.45) is 6.24. The maximum atomic E-state index is 12.1. The van der Waals surface area contributed by atoms with Crippen molar-refractivity contribution in [3.63, 3.8) is 0 Å². The molecule has 1 N–H and O–H groups in total. The Labute approximate surface area is 176 Å². The van der Waals surface area contributed by atoms with Gasteiger partial charge in [-0.2, -0.15) is 0 Å². The van der Waals surface area contributed by atoms with Gasteiger partial charge in [0.05, 0.1) is 0 Å². The molecule has 3 heteroatoms. The standard InChI is InChI=1S/C25H29NOSe/c27-25(22-12-20-11-21(14-22)15-23(25)13-20)24(28)26(16-18-7-3-1-4-8-18)17-19-9-5-2-6-10-19/h1-10,20-23,27H,11-17H2. The van der Waals surface area contributed by atoms with Crippen molar-refractivity contribution in [1.29, 1.82) is 0 Å². The van der Waals surface area contributed by atoms with E-state index in [1.54, 1.807) is 0 Å². The summed E-state index contributed by atoms with van der Waals surface area (Å²) in [5.74, 6) is 2.56. The summed E-state index contributed by atoms with van der Waals surface area (Å²) in [7, 11) is 0. The Morgan fingerprint density at radius 1 is 0.786 bits per heavy atom. The molecular weight excluding hydrogens is 409 g/mol. The minimum atomic E-state index is -0.670. The molecule has 28 heavy (non-hydrogen) atoms. The number of rotatable bonds is 6. The van der Waals surface area contributed by atoms with Crippen LogP contribution in [-0.2, 0) is 13.1 Å². The number of hydrogen-bond acceptors (Lipinski definition) is 2. The van der Waals surface area contributed by atoms with Crippen molar-refractivity contribution in [3.8, 4) is 0 Å². The normalized spacial score (nSPS) is 33.0. The monoisotopic (exact) mass is 439 g/mol. The molecule has 4 aliphatic carbocycles. The Morgan fingerprint density at radius 2 is 1.21 bits per heavy atom. The molecule has 4 fully saturated rings. The van der Waals surface area contributed by atoms with E-state index in [2.05, 4.69) is 81.1 Å². The summed E-state index contributed by atoms with van der Waals surface area (Å²) in [5, 5.41) is 12.1. The van der Waals surface area contributed by atoms with E-state index < -0.39 is 5.60 Å². The number of nitrogens with zero attached hydrogens (tertiary/aromatic N) is 1. The molecule has 0 atom stereocenters. The molecule has 0 saturated heterocycles. The molecule has 146 valence electrons. The summed E-state index contributed by atoms with van der Waals surface area (Å²) >= 11 is 3.38. The minimum absolute atomic E-state index is 0.425. The molecule has 2 nitrogen and oxygen atoms in total. The van der Waals surface area contributed by atoms with Gasteiger partial charge in [-0.25, -0.2) is 0 Å². The van der Waals surface area contributed by atoms with Crippen LogP contribution in [0.25, 0.3) is 0 Å². The Hall–Kier alpha value is -1.41. The number of benzene rings is 2. The first kappa shape index (κ1) is 18.6. The molecule has 4 aliphatic rings. The Bertz CT molecular complexity index is 765. The van der Waals surface area contributed by atoms with Gasteiger partial charge in [-0.15, -0.1) is 0 Å². The van der Waals surface area contributed by atoms with Crippen LogP contribution >= 0.6 is 0 Å². The molecular formula is C25H29NOSe. The van der Waals surface area contributed by atoms with Gasteiger partial charge in [0.1, 0.15) is 0 Å². The maximum absolute atomic E-state index is 12.1. The van der Waals surface area contributed by atoms with E-state index in [1.165, 1.54) is 43.2 Å². The van der Waals surface area contributed by atoms with E-state index in [9.17, 15) is 5.11 Å². The van der Waals surface area contributed by atoms with Gasteiger partial charge in [0.15, 0.2) is 0 Å². The Kier molecular flexibility index (Phi) is 4.95. The fourth-order valence-corrected chi connectivity index (χ4v) is 7.28. The molecule has 2 aromatic carbocycles. The molecule has 0 amide bonds. The van der Waals surface area contributed by atoms with Crippen LogP contribution in [0.2, 0.25) is 0 Å². The predicted octanol–water partition coefficient (Wildman–Crippen LogP) is 4.17. The van der Waals surface area contributed by atoms with Crippen LogP contribution < -0.4 is 0 Å². The van der Waals surface area contributed by atoms with Gasteiger partial charge in [-0.3, -0.25) is 0 Å². The van der Waals surface area contributed by atoms with Crippen molar-refractivity contribution in [2.24, 2.45) is 23.7 Å². The topological polar surface area (TPSA) is 23.5 Å². The average molecular weight is 438 g/mol. The van der Waals surface area contributed by atoms with Gasteiger partial charge in [-0.05, 0) is 0 Å². The summed E-state index contributed by atoms with van der Waals surface area (Å²) in [5.41, 5.74) is 1.91. The second kappa shape index (κ2) is 7.44. The zero-order valence-electron chi connectivity index (χ0n) is 16.3. The zero-order chi connectivity index (χ0) is 19.1. The molecule has 4 saturated carbocycles. The van der Waals surface area contributed by atoms with Crippen molar-refractivity contribution < 1.29 is 5.11 Å². The van der Waals surface area contributed by atoms with Gasteiger partial charge in [0.25, 0.3) is 0 Å². The predicted molar refractivity (Wildman–Crippen MR) is 115 cm³/mol. The Balaban J connectivity index is 1.45. The third-order valence-electron chi connectivity index (χ3n) is 7.45. The van der Waals surface area contributed by atoms with Crippen molar-refractivity contribution in [2.75, 3.05) is 0 Å². The van der Waals surface area contributed by atoms with E-state index >= 15 is 0 Å². The van der Waals surface area contributed by atoms with Crippen LogP contribution in [0, 0.1) is 23.7 Å². The summed E-state index contributed by atoms with van der Waals surface area (Å²) < 4.78 is 1.08. The first-order valence-corrected chi connectivity index (χ1v) is 11.6. The SMILES string of the molecule is OC1(C(=[Se])N(Cc2ccccc2)Cc2ccccc2)C2CC3CC(C2)CC1C3. The van der Waals surface area contributed by atoms with Gasteiger partial charge in [0, 0.05) is 0 Å². The third kappa shape index (κ3) is 3.28. The Morgan fingerprint density at radius 3 is 1.64 bits per heavy atom. The second-order valence-corrected chi connectivity index (χ2v) is 10.1. The molecule has 2 aromatic rings.